The third-order valence-electron chi connectivity index (χ3n) is 3.27. The van der Waals surface area contributed by atoms with E-state index in [1.54, 1.807) is 10.6 Å². The van der Waals surface area contributed by atoms with Gasteiger partial charge in [-0.25, -0.2) is 0 Å². The number of methoxy groups -OCH3 is 1. The zero-order valence-corrected chi connectivity index (χ0v) is 15.8. The molecule has 2 rings (SSSR count). The number of nitrogens with one attached hydrogen (secondary N) is 1. The van der Waals surface area contributed by atoms with Crippen LogP contribution in [0.25, 0.3) is 0 Å². The van der Waals surface area contributed by atoms with Crippen LogP contribution in [0.1, 0.15) is 11.4 Å². The maximum absolute atomic E-state index is 12.9. The molecule has 1 amide bonds. The average molecular weight is 421 g/mol. The van der Waals surface area contributed by atoms with Crippen molar-refractivity contribution in [3.05, 3.63) is 47.3 Å². The monoisotopic (exact) mass is 420 g/mol. The number of hydrogen-bond acceptors (Lipinski definition) is 5. The lowest BCUT2D eigenvalue weighted by Crippen LogP contribution is -2.16. The van der Waals surface area contributed by atoms with Crippen LogP contribution in [-0.4, -0.2) is 33.5 Å². The van der Waals surface area contributed by atoms with E-state index in [0.717, 1.165) is 23.9 Å². The number of ether oxygens (including phenoxy) is 1. The van der Waals surface area contributed by atoms with Crippen molar-refractivity contribution in [1.29, 1.82) is 0 Å². The molecule has 1 aromatic carbocycles. The van der Waals surface area contributed by atoms with Gasteiger partial charge in [-0.3, -0.25) is 4.79 Å². The number of halogens is 4. The lowest BCUT2D eigenvalue weighted by atomic mass is 10.2. The summed E-state index contributed by atoms with van der Waals surface area (Å²) in [5, 5.41) is 10.4. The fraction of sp³-hybridized carbons (Fsp3) is 0.312. The summed E-state index contributed by atoms with van der Waals surface area (Å²) in [5.74, 6) is 0.0244. The van der Waals surface area contributed by atoms with Crippen LogP contribution in [0.4, 0.5) is 18.9 Å². The number of alkyl halides is 3. The summed E-state index contributed by atoms with van der Waals surface area (Å²) in [5.41, 5.74) is -1.01. The number of aromatic nitrogens is 3. The molecule has 0 aliphatic carbocycles. The van der Waals surface area contributed by atoms with E-state index >= 15 is 0 Å². The Morgan fingerprint density at radius 1 is 1.44 bits per heavy atom. The second-order valence-corrected chi connectivity index (χ2v) is 6.61. The number of nitrogens with zero attached hydrogens (tertiary/aromatic N) is 3. The van der Waals surface area contributed by atoms with Gasteiger partial charge in [-0.15, -0.1) is 16.8 Å². The predicted molar refractivity (Wildman–Crippen MR) is 96.7 cm³/mol. The molecule has 0 fully saturated rings. The topological polar surface area (TPSA) is 69.0 Å². The molecule has 1 heterocycles. The molecule has 0 bridgehead atoms. The summed E-state index contributed by atoms with van der Waals surface area (Å²) in [6.07, 6.45) is -2.95. The van der Waals surface area contributed by atoms with Gasteiger partial charge in [0.05, 0.1) is 16.3 Å². The first kappa shape index (κ1) is 21.3. The molecule has 146 valence electrons. The van der Waals surface area contributed by atoms with Crippen LogP contribution in [0.2, 0.25) is 5.02 Å². The van der Waals surface area contributed by atoms with E-state index in [0.29, 0.717) is 17.5 Å². The van der Waals surface area contributed by atoms with Crippen molar-refractivity contribution in [3.8, 4) is 0 Å². The van der Waals surface area contributed by atoms with Gasteiger partial charge >= 0.3 is 6.18 Å². The van der Waals surface area contributed by atoms with E-state index in [1.165, 1.54) is 13.2 Å². The van der Waals surface area contributed by atoms with Gasteiger partial charge in [0.15, 0.2) is 11.0 Å². The molecule has 0 unspecified atom stereocenters. The maximum atomic E-state index is 12.9. The molecule has 0 saturated carbocycles. The van der Waals surface area contributed by atoms with Crippen LogP contribution in [0.3, 0.4) is 0 Å². The van der Waals surface area contributed by atoms with Crippen LogP contribution >= 0.6 is 23.4 Å². The summed E-state index contributed by atoms with van der Waals surface area (Å²) in [6, 6.07) is 3.18. The molecular weight excluding hydrogens is 405 g/mol. The second kappa shape index (κ2) is 9.25. The number of allylic oxidation sites excluding steroid dienone is 1. The molecule has 1 aromatic heterocycles. The van der Waals surface area contributed by atoms with Crippen molar-refractivity contribution >= 4 is 35.0 Å². The molecule has 0 aliphatic rings. The smallest absolute Gasteiger partial charge is 0.377 e. The Labute approximate surface area is 162 Å². The van der Waals surface area contributed by atoms with Crippen molar-refractivity contribution < 1.29 is 22.7 Å². The highest BCUT2D eigenvalue weighted by Crippen LogP contribution is 2.36. The zero-order chi connectivity index (χ0) is 20.0. The molecule has 0 atom stereocenters. The summed E-state index contributed by atoms with van der Waals surface area (Å²) in [7, 11) is 1.52. The van der Waals surface area contributed by atoms with Gasteiger partial charge in [0, 0.05) is 19.3 Å². The Hall–Kier alpha value is -2.04. The van der Waals surface area contributed by atoms with Crippen molar-refractivity contribution in [2.75, 3.05) is 18.2 Å². The summed E-state index contributed by atoms with van der Waals surface area (Å²) < 4.78 is 45.4. The number of thioether (sulfide) groups is 1. The first-order valence-corrected chi connectivity index (χ1v) is 8.94. The fourth-order valence-corrected chi connectivity index (χ4v) is 3.11. The molecule has 1 N–H and O–H groups in total. The Kier molecular flexibility index (Phi) is 7.28. The fourth-order valence-electron chi connectivity index (χ4n) is 2.12. The number of rotatable bonds is 8. The van der Waals surface area contributed by atoms with Crippen LogP contribution in [0.15, 0.2) is 36.0 Å². The van der Waals surface area contributed by atoms with E-state index in [-0.39, 0.29) is 18.0 Å². The van der Waals surface area contributed by atoms with Crippen LogP contribution in [0, 0.1) is 0 Å². The van der Waals surface area contributed by atoms with Crippen LogP contribution in [-0.2, 0) is 28.9 Å². The highest BCUT2D eigenvalue weighted by Gasteiger charge is 2.33. The number of amides is 1. The minimum Gasteiger partial charge on any atom is -0.377 e. The third-order valence-corrected chi connectivity index (χ3v) is 4.56. The average Bonchev–Trinajstić information content (AvgIpc) is 2.96. The van der Waals surface area contributed by atoms with Gasteiger partial charge in [-0.2, -0.15) is 13.2 Å². The Balaban J connectivity index is 2.04. The lowest BCUT2D eigenvalue weighted by Gasteiger charge is -2.12. The SMILES string of the molecule is C=CCn1c(COC)nnc1SCC(=O)Nc1ccc(Cl)c(C(F)(F)F)c1. The number of benzene rings is 1. The van der Waals surface area contributed by atoms with E-state index in [2.05, 4.69) is 22.1 Å². The molecule has 27 heavy (non-hydrogen) atoms. The van der Waals surface area contributed by atoms with Gasteiger partial charge in [-0.05, 0) is 18.2 Å². The van der Waals surface area contributed by atoms with Crippen molar-refractivity contribution in [3.63, 3.8) is 0 Å². The van der Waals surface area contributed by atoms with E-state index < -0.39 is 22.7 Å². The van der Waals surface area contributed by atoms with Crippen molar-refractivity contribution in [1.82, 2.24) is 14.8 Å². The second-order valence-electron chi connectivity index (χ2n) is 5.26. The predicted octanol–water partition coefficient (Wildman–Crippen LogP) is 4.01. The first-order chi connectivity index (χ1) is 12.8. The summed E-state index contributed by atoms with van der Waals surface area (Å²) in [6.45, 7) is 4.34. The number of hydrogen-bond donors (Lipinski definition) is 1. The molecule has 0 aliphatic heterocycles. The van der Waals surface area contributed by atoms with Crippen molar-refractivity contribution in [2.45, 2.75) is 24.5 Å². The highest BCUT2D eigenvalue weighted by molar-refractivity contribution is 7.99. The van der Waals surface area contributed by atoms with Gasteiger partial charge in [0.1, 0.15) is 6.61 Å². The van der Waals surface area contributed by atoms with Gasteiger partial charge in [0.2, 0.25) is 5.91 Å². The third kappa shape index (κ3) is 5.72. The zero-order valence-electron chi connectivity index (χ0n) is 14.2. The summed E-state index contributed by atoms with van der Waals surface area (Å²) >= 11 is 6.66. The Bertz CT molecular complexity index is 826. The highest BCUT2D eigenvalue weighted by atomic mass is 35.5. The Morgan fingerprint density at radius 3 is 2.81 bits per heavy atom. The van der Waals surface area contributed by atoms with E-state index in [4.69, 9.17) is 16.3 Å². The standard InChI is InChI=1S/C16H16ClF3N4O2S/c1-3-6-24-13(8-26-2)22-23-15(24)27-9-14(25)21-10-4-5-12(17)11(7-10)16(18,19)20/h3-5,7H,1,6,8-9H2,2H3,(H,21,25). The number of anilines is 1. The number of carbonyl (C=O) groups excluding carboxylic acids is 1. The molecule has 2 aromatic rings. The minimum atomic E-state index is -4.61. The molecule has 6 nitrogen and oxygen atoms in total. The molecule has 0 spiro atoms. The summed E-state index contributed by atoms with van der Waals surface area (Å²) in [4.78, 5) is 12.1. The number of carbonyl (C=O) groups is 1. The normalized spacial score (nSPS) is 11.4. The maximum Gasteiger partial charge on any atom is 0.417 e. The first-order valence-electron chi connectivity index (χ1n) is 7.57. The van der Waals surface area contributed by atoms with E-state index in [1.807, 2.05) is 0 Å². The Morgan fingerprint density at radius 2 is 2.19 bits per heavy atom. The largest absolute Gasteiger partial charge is 0.417 e. The van der Waals surface area contributed by atoms with Crippen LogP contribution < -0.4 is 5.32 Å². The van der Waals surface area contributed by atoms with Crippen molar-refractivity contribution in [2.24, 2.45) is 0 Å². The molecule has 11 heteroatoms. The molecular formula is C16H16ClF3N4O2S. The van der Waals surface area contributed by atoms with Gasteiger partial charge in [-0.1, -0.05) is 29.4 Å². The molecule has 0 saturated heterocycles. The minimum absolute atomic E-state index is 0.00459. The lowest BCUT2D eigenvalue weighted by molar-refractivity contribution is -0.137. The van der Waals surface area contributed by atoms with Crippen LogP contribution in [0.5, 0.6) is 0 Å². The molecule has 0 radical (unpaired) electrons. The van der Waals surface area contributed by atoms with Gasteiger partial charge in [0.25, 0.3) is 0 Å². The van der Waals surface area contributed by atoms with E-state index in [9.17, 15) is 18.0 Å². The quantitative estimate of drug-likeness (QED) is 0.516. The van der Waals surface area contributed by atoms with Gasteiger partial charge < -0.3 is 14.6 Å².